The van der Waals surface area contributed by atoms with Crippen molar-refractivity contribution >= 4 is 5.69 Å². The number of nitrogens with zero attached hydrogens (tertiary/aromatic N) is 1. The molecule has 0 aromatic heterocycles. The molecule has 0 saturated heterocycles. The maximum absolute atomic E-state index is 12.8. The predicted molar refractivity (Wildman–Crippen MR) is 67.2 cm³/mol. The fourth-order valence-electron chi connectivity index (χ4n) is 1.73. The summed E-state index contributed by atoms with van der Waals surface area (Å²) in [7, 11) is 0. The fraction of sp³-hybridized carbons (Fsp3) is 0.538. The molecule has 0 saturated carbocycles. The molecule has 0 heterocycles. The first kappa shape index (κ1) is 13.0. The second-order valence-corrected chi connectivity index (χ2v) is 4.18. The van der Waals surface area contributed by atoms with Gasteiger partial charge in [-0.15, -0.1) is 0 Å². The highest BCUT2D eigenvalue weighted by molar-refractivity contribution is 5.45. The van der Waals surface area contributed by atoms with Crippen molar-refractivity contribution in [2.75, 3.05) is 18.0 Å². The van der Waals surface area contributed by atoms with E-state index < -0.39 is 0 Å². The van der Waals surface area contributed by atoms with Gasteiger partial charge in [-0.05, 0) is 51.0 Å². The number of benzene rings is 1. The van der Waals surface area contributed by atoms with Crippen LogP contribution in [0.4, 0.5) is 10.1 Å². The molecule has 0 aliphatic carbocycles. The van der Waals surface area contributed by atoms with E-state index in [1.54, 1.807) is 0 Å². The van der Waals surface area contributed by atoms with Crippen LogP contribution in [0, 0.1) is 5.82 Å². The smallest absolute Gasteiger partial charge is 0.123 e. The molecule has 1 aromatic rings. The van der Waals surface area contributed by atoms with Gasteiger partial charge in [0.15, 0.2) is 0 Å². The van der Waals surface area contributed by atoms with Crippen molar-refractivity contribution in [1.29, 1.82) is 0 Å². The highest BCUT2D eigenvalue weighted by Crippen LogP contribution is 2.15. The van der Waals surface area contributed by atoms with Gasteiger partial charge >= 0.3 is 0 Å². The molecule has 1 atom stereocenters. The molecule has 1 aromatic carbocycles. The lowest BCUT2D eigenvalue weighted by atomic mass is 10.2. The van der Waals surface area contributed by atoms with Crippen molar-refractivity contribution in [3.05, 3.63) is 30.1 Å². The minimum atomic E-state index is -0.185. The van der Waals surface area contributed by atoms with E-state index in [0.29, 0.717) is 0 Å². The van der Waals surface area contributed by atoms with Gasteiger partial charge in [0.1, 0.15) is 5.82 Å². The van der Waals surface area contributed by atoms with Crippen LogP contribution < -0.4 is 10.6 Å². The van der Waals surface area contributed by atoms with Crippen molar-refractivity contribution in [2.45, 2.75) is 32.7 Å². The zero-order chi connectivity index (χ0) is 12.0. The quantitative estimate of drug-likeness (QED) is 0.805. The minimum Gasteiger partial charge on any atom is -0.372 e. The van der Waals surface area contributed by atoms with Gasteiger partial charge in [0.2, 0.25) is 0 Å². The van der Waals surface area contributed by atoms with Crippen LogP contribution in [-0.2, 0) is 0 Å². The van der Waals surface area contributed by atoms with Crippen molar-refractivity contribution in [3.8, 4) is 0 Å². The average Bonchev–Trinajstić information content (AvgIpc) is 2.26. The molecule has 3 heteroatoms. The summed E-state index contributed by atoms with van der Waals surface area (Å²) in [5.74, 6) is -0.185. The first-order chi connectivity index (χ1) is 7.63. The molecule has 2 nitrogen and oxygen atoms in total. The maximum atomic E-state index is 12.8. The number of halogens is 1. The molecule has 2 N–H and O–H groups in total. The molecule has 0 bridgehead atoms. The molecule has 0 aliphatic rings. The van der Waals surface area contributed by atoms with Crippen LogP contribution in [0.15, 0.2) is 24.3 Å². The standard InChI is InChI=1S/C13H21FN2/c1-3-16(10-4-5-11(2)15)13-8-6-12(14)7-9-13/h6-9,11H,3-5,10,15H2,1-2H3. The van der Waals surface area contributed by atoms with E-state index in [-0.39, 0.29) is 11.9 Å². The highest BCUT2D eigenvalue weighted by Gasteiger charge is 2.04. The summed E-state index contributed by atoms with van der Waals surface area (Å²) < 4.78 is 12.8. The predicted octanol–water partition coefficient (Wildman–Crippen LogP) is 2.78. The topological polar surface area (TPSA) is 29.3 Å². The Morgan fingerprint density at radius 2 is 1.94 bits per heavy atom. The van der Waals surface area contributed by atoms with Crippen LogP contribution >= 0.6 is 0 Å². The number of hydrogen-bond acceptors (Lipinski definition) is 2. The van der Waals surface area contributed by atoms with Crippen LogP contribution in [0.2, 0.25) is 0 Å². The third-order valence-corrected chi connectivity index (χ3v) is 2.66. The van der Waals surface area contributed by atoms with Crippen LogP contribution in [0.1, 0.15) is 26.7 Å². The van der Waals surface area contributed by atoms with Gasteiger partial charge in [-0.2, -0.15) is 0 Å². The molecule has 0 amide bonds. The number of rotatable bonds is 6. The van der Waals surface area contributed by atoms with E-state index in [0.717, 1.165) is 31.6 Å². The van der Waals surface area contributed by atoms with Gasteiger partial charge in [-0.3, -0.25) is 0 Å². The Kier molecular flexibility index (Phi) is 5.26. The Balaban J connectivity index is 2.50. The van der Waals surface area contributed by atoms with E-state index in [1.807, 2.05) is 19.1 Å². The lowest BCUT2D eigenvalue weighted by molar-refractivity contribution is 0.611. The van der Waals surface area contributed by atoms with Crippen LogP contribution in [0.3, 0.4) is 0 Å². The SMILES string of the molecule is CCN(CCCC(C)N)c1ccc(F)cc1. The fourth-order valence-corrected chi connectivity index (χ4v) is 1.73. The monoisotopic (exact) mass is 224 g/mol. The molecule has 16 heavy (non-hydrogen) atoms. The number of anilines is 1. The van der Waals surface area contributed by atoms with Gasteiger partial charge in [0.05, 0.1) is 0 Å². The number of hydrogen-bond donors (Lipinski definition) is 1. The summed E-state index contributed by atoms with van der Waals surface area (Å²) in [6.07, 6.45) is 2.10. The third-order valence-electron chi connectivity index (χ3n) is 2.66. The molecule has 1 rings (SSSR count). The molecule has 0 aliphatic heterocycles. The van der Waals surface area contributed by atoms with E-state index in [2.05, 4.69) is 11.8 Å². The summed E-state index contributed by atoms with van der Waals surface area (Å²) in [6, 6.07) is 6.91. The Morgan fingerprint density at radius 3 is 2.44 bits per heavy atom. The molecule has 0 spiro atoms. The van der Waals surface area contributed by atoms with Crippen molar-refractivity contribution < 1.29 is 4.39 Å². The Hall–Kier alpha value is -1.09. The van der Waals surface area contributed by atoms with Gasteiger partial charge < -0.3 is 10.6 Å². The summed E-state index contributed by atoms with van der Waals surface area (Å²) in [5, 5.41) is 0. The third kappa shape index (κ3) is 4.19. The van der Waals surface area contributed by atoms with Crippen molar-refractivity contribution in [1.82, 2.24) is 0 Å². The van der Waals surface area contributed by atoms with E-state index in [9.17, 15) is 4.39 Å². The zero-order valence-electron chi connectivity index (χ0n) is 10.1. The van der Waals surface area contributed by atoms with Crippen LogP contribution in [0.25, 0.3) is 0 Å². The van der Waals surface area contributed by atoms with E-state index in [4.69, 9.17) is 5.73 Å². The summed E-state index contributed by atoms with van der Waals surface area (Å²) >= 11 is 0. The number of nitrogens with two attached hydrogens (primary N) is 1. The Morgan fingerprint density at radius 1 is 1.31 bits per heavy atom. The summed E-state index contributed by atoms with van der Waals surface area (Å²) in [4.78, 5) is 2.24. The zero-order valence-corrected chi connectivity index (χ0v) is 10.1. The van der Waals surface area contributed by atoms with Crippen molar-refractivity contribution in [2.24, 2.45) is 5.73 Å². The second kappa shape index (κ2) is 6.48. The first-order valence-electron chi connectivity index (χ1n) is 5.89. The van der Waals surface area contributed by atoms with Crippen molar-refractivity contribution in [3.63, 3.8) is 0 Å². The lowest BCUT2D eigenvalue weighted by Crippen LogP contribution is -2.25. The van der Waals surface area contributed by atoms with Gasteiger partial charge in [-0.1, -0.05) is 0 Å². The molecular formula is C13H21FN2. The average molecular weight is 224 g/mol. The van der Waals surface area contributed by atoms with E-state index >= 15 is 0 Å². The Bertz CT molecular complexity index is 295. The van der Waals surface area contributed by atoms with Crippen LogP contribution in [0.5, 0.6) is 0 Å². The summed E-state index contributed by atoms with van der Waals surface area (Å²) in [6.45, 7) is 6.04. The first-order valence-corrected chi connectivity index (χ1v) is 5.89. The largest absolute Gasteiger partial charge is 0.372 e. The molecular weight excluding hydrogens is 203 g/mol. The van der Waals surface area contributed by atoms with E-state index in [1.165, 1.54) is 12.1 Å². The molecule has 0 fully saturated rings. The van der Waals surface area contributed by atoms with Crippen LogP contribution in [-0.4, -0.2) is 19.1 Å². The second-order valence-electron chi connectivity index (χ2n) is 4.18. The van der Waals surface area contributed by atoms with Gasteiger partial charge in [-0.25, -0.2) is 4.39 Å². The molecule has 1 unspecified atom stereocenters. The molecule has 90 valence electrons. The minimum absolute atomic E-state index is 0.185. The normalized spacial score (nSPS) is 12.5. The lowest BCUT2D eigenvalue weighted by Gasteiger charge is -2.23. The highest BCUT2D eigenvalue weighted by atomic mass is 19.1. The summed E-state index contributed by atoms with van der Waals surface area (Å²) in [5.41, 5.74) is 6.79. The van der Waals surface area contributed by atoms with Gasteiger partial charge in [0, 0.05) is 24.8 Å². The molecule has 0 radical (unpaired) electrons. The van der Waals surface area contributed by atoms with Gasteiger partial charge in [0.25, 0.3) is 0 Å². The maximum Gasteiger partial charge on any atom is 0.123 e. The Labute approximate surface area is 97.3 Å².